The summed E-state index contributed by atoms with van der Waals surface area (Å²) in [6.07, 6.45) is 2.13. The lowest BCUT2D eigenvalue weighted by molar-refractivity contribution is 0.0951. The molecule has 1 aliphatic rings. The van der Waals surface area contributed by atoms with Gasteiger partial charge in [-0.15, -0.1) is 0 Å². The largest absolute Gasteiger partial charge is 0.396 e. The molecule has 25 heavy (non-hydrogen) atoms. The molecule has 1 saturated heterocycles. The molecule has 1 aliphatic heterocycles. The highest BCUT2D eigenvalue weighted by molar-refractivity contribution is 5.94. The molecule has 3 rings (SSSR count). The number of likely N-dealkylation sites (tertiary alicyclic amines) is 1. The first-order valence-corrected chi connectivity index (χ1v) is 8.99. The van der Waals surface area contributed by atoms with Gasteiger partial charge in [0.2, 0.25) is 0 Å². The van der Waals surface area contributed by atoms with E-state index in [4.69, 9.17) is 0 Å². The van der Waals surface area contributed by atoms with Crippen molar-refractivity contribution in [2.24, 2.45) is 5.92 Å². The van der Waals surface area contributed by atoms with E-state index in [1.807, 2.05) is 54.6 Å². The van der Waals surface area contributed by atoms with Gasteiger partial charge in [0, 0.05) is 25.3 Å². The Morgan fingerprint density at radius 1 is 1.00 bits per heavy atom. The summed E-state index contributed by atoms with van der Waals surface area (Å²) < 4.78 is 0. The zero-order chi connectivity index (χ0) is 17.5. The van der Waals surface area contributed by atoms with Crippen molar-refractivity contribution in [1.29, 1.82) is 0 Å². The van der Waals surface area contributed by atoms with Crippen LogP contribution in [0.1, 0.15) is 34.3 Å². The number of aliphatic hydroxyl groups excluding tert-OH is 1. The molecule has 0 aliphatic carbocycles. The van der Waals surface area contributed by atoms with Gasteiger partial charge in [-0.3, -0.25) is 9.69 Å². The molecule has 2 aromatic rings. The monoisotopic (exact) mass is 338 g/mol. The normalized spacial score (nSPS) is 15.9. The summed E-state index contributed by atoms with van der Waals surface area (Å²) in [5.74, 6) is 0.422. The fraction of sp³-hybridized carbons (Fsp3) is 0.381. The number of aliphatic hydroxyl groups is 1. The van der Waals surface area contributed by atoms with Crippen LogP contribution in [0, 0.1) is 5.92 Å². The molecule has 0 bridgehead atoms. The number of benzene rings is 2. The summed E-state index contributed by atoms with van der Waals surface area (Å²) in [4.78, 5) is 14.7. The Hall–Kier alpha value is -2.17. The lowest BCUT2D eigenvalue weighted by Crippen LogP contribution is -2.34. The molecule has 1 heterocycles. The number of nitrogens with zero attached hydrogens (tertiary/aromatic N) is 1. The number of rotatable bonds is 6. The number of hydrogen-bond donors (Lipinski definition) is 2. The second-order valence-electron chi connectivity index (χ2n) is 6.77. The van der Waals surface area contributed by atoms with Crippen LogP contribution in [0.4, 0.5) is 0 Å². The molecule has 0 radical (unpaired) electrons. The molecule has 0 unspecified atom stereocenters. The molecule has 1 fully saturated rings. The Morgan fingerprint density at radius 3 is 2.32 bits per heavy atom. The van der Waals surface area contributed by atoms with Gasteiger partial charge >= 0.3 is 0 Å². The molecule has 0 atom stereocenters. The first-order valence-electron chi connectivity index (χ1n) is 8.99. The SMILES string of the molecule is O=C(NCc1ccccc1)c1ccc(CN2CCC(CO)CC2)cc1. The smallest absolute Gasteiger partial charge is 0.251 e. The van der Waals surface area contributed by atoms with Crippen molar-refractivity contribution in [3.8, 4) is 0 Å². The van der Waals surface area contributed by atoms with Gasteiger partial charge in [-0.1, -0.05) is 42.5 Å². The van der Waals surface area contributed by atoms with E-state index in [1.165, 1.54) is 5.56 Å². The predicted molar refractivity (Wildman–Crippen MR) is 99.1 cm³/mol. The van der Waals surface area contributed by atoms with Crippen LogP contribution in [0.2, 0.25) is 0 Å². The minimum absolute atomic E-state index is 0.0424. The van der Waals surface area contributed by atoms with Crippen LogP contribution < -0.4 is 5.32 Å². The van der Waals surface area contributed by atoms with Gasteiger partial charge in [0.15, 0.2) is 0 Å². The van der Waals surface area contributed by atoms with E-state index in [1.54, 1.807) is 0 Å². The van der Waals surface area contributed by atoms with Gasteiger partial charge in [0.25, 0.3) is 5.91 Å². The molecule has 4 heteroatoms. The van der Waals surface area contributed by atoms with Crippen LogP contribution in [0.5, 0.6) is 0 Å². The van der Waals surface area contributed by atoms with E-state index in [0.717, 1.165) is 38.0 Å². The van der Waals surface area contributed by atoms with Gasteiger partial charge in [0.05, 0.1) is 0 Å². The van der Waals surface area contributed by atoms with Crippen LogP contribution in [-0.2, 0) is 13.1 Å². The molecule has 132 valence electrons. The highest BCUT2D eigenvalue weighted by atomic mass is 16.3. The molecule has 2 aromatic carbocycles. The third kappa shape index (κ3) is 5.15. The first kappa shape index (κ1) is 17.6. The van der Waals surface area contributed by atoms with Crippen LogP contribution in [0.3, 0.4) is 0 Å². The summed E-state index contributed by atoms with van der Waals surface area (Å²) in [6, 6.07) is 17.8. The number of nitrogens with one attached hydrogen (secondary N) is 1. The lowest BCUT2D eigenvalue weighted by Gasteiger charge is -2.31. The van der Waals surface area contributed by atoms with Crippen LogP contribution in [0.15, 0.2) is 54.6 Å². The van der Waals surface area contributed by atoms with E-state index >= 15 is 0 Å². The fourth-order valence-electron chi connectivity index (χ4n) is 3.23. The molecular weight excluding hydrogens is 312 g/mol. The predicted octanol–water partition coefficient (Wildman–Crippen LogP) is 2.82. The van der Waals surface area contributed by atoms with E-state index < -0.39 is 0 Å². The quantitative estimate of drug-likeness (QED) is 0.851. The molecule has 4 nitrogen and oxygen atoms in total. The summed E-state index contributed by atoms with van der Waals surface area (Å²) in [5, 5.41) is 12.2. The van der Waals surface area contributed by atoms with Crippen molar-refractivity contribution in [3.63, 3.8) is 0 Å². The molecule has 0 spiro atoms. The molecule has 0 aromatic heterocycles. The van der Waals surface area contributed by atoms with E-state index in [-0.39, 0.29) is 5.91 Å². The third-order valence-corrected chi connectivity index (χ3v) is 4.88. The first-order chi connectivity index (χ1) is 12.2. The summed E-state index contributed by atoms with van der Waals surface area (Å²) in [7, 11) is 0. The Kier molecular flexibility index (Phi) is 6.20. The van der Waals surface area contributed by atoms with E-state index in [0.29, 0.717) is 24.6 Å². The number of piperidine rings is 1. The fourth-order valence-corrected chi connectivity index (χ4v) is 3.23. The summed E-state index contributed by atoms with van der Waals surface area (Å²) >= 11 is 0. The third-order valence-electron chi connectivity index (χ3n) is 4.88. The highest BCUT2D eigenvalue weighted by Crippen LogP contribution is 2.18. The zero-order valence-corrected chi connectivity index (χ0v) is 14.5. The van der Waals surface area contributed by atoms with E-state index in [9.17, 15) is 9.90 Å². The Labute approximate surface area is 149 Å². The number of carbonyl (C=O) groups is 1. The topological polar surface area (TPSA) is 52.6 Å². The van der Waals surface area contributed by atoms with Gasteiger partial charge in [0.1, 0.15) is 0 Å². The van der Waals surface area contributed by atoms with Crippen molar-refractivity contribution >= 4 is 5.91 Å². The molecule has 0 saturated carbocycles. The Morgan fingerprint density at radius 2 is 1.68 bits per heavy atom. The Balaban J connectivity index is 1.49. The number of hydrogen-bond acceptors (Lipinski definition) is 3. The summed E-state index contributed by atoms with van der Waals surface area (Å²) in [5.41, 5.74) is 3.01. The minimum Gasteiger partial charge on any atom is -0.396 e. The maximum absolute atomic E-state index is 12.2. The van der Waals surface area contributed by atoms with Gasteiger partial charge in [-0.2, -0.15) is 0 Å². The molecule has 1 amide bonds. The van der Waals surface area contributed by atoms with E-state index in [2.05, 4.69) is 10.2 Å². The minimum atomic E-state index is -0.0424. The zero-order valence-electron chi connectivity index (χ0n) is 14.5. The van der Waals surface area contributed by atoms with Gasteiger partial charge < -0.3 is 10.4 Å². The van der Waals surface area contributed by atoms with Crippen molar-refractivity contribution in [2.75, 3.05) is 19.7 Å². The van der Waals surface area contributed by atoms with Crippen LogP contribution in [0.25, 0.3) is 0 Å². The average molecular weight is 338 g/mol. The second kappa shape index (κ2) is 8.79. The highest BCUT2D eigenvalue weighted by Gasteiger charge is 2.18. The standard InChI is InChI=1S/C21H26N2O2/c24-16-19-10-12-23(13-11-19)15-18-6-8-20(9-7-18)21(25)22-14-17-4-2-1-3-5-17/h1-9,19,24H,10-16H2,(H,22,25). The number of carbonyl (C=O) groups excluding carboxylic acids is 1. The maximum atomic E-state index is 12.2. The van der Waals surface area contributed by atoms with Crippen LogP contribution >= 0.6 is 0 Å². The van der Waals surface area contributed by atoms with Gasteiger partial charge in [-0.05, 0) is 55.1 Å². The molecule has 2 N–H and O–H groups in total. The van der Waals surface area contributed by atoms with Crippen molar-refractivity contribution in [1.82, 2.24) is 10.2 Å². The molecular formula is C21H26N2O2. The number of amides is 1. The van der Waals surface area contributed by atoms with Crippen molar-refractivity contribution < 1.29 is 9.90 Å². The van der Waals surface area contributed by atoms with Gasteiger partial charge in [-0.25, -0.2) is 0 Å². The van der Waals surface area contributed by atoms with Crippen molar-refractivity contribution in [2.45, 2.75) is 25.9 Å². The average Bonchev–Trinajstić information content (AvgIpc) is 2.68. The second-order valence-corrected chi connectivity index (χ2v) is 6.77. The Bertz CT molecular complexity index is 662. The van der Waals surface area contributed by atoms with Crippen LogP contribution in [-0.4, -0.2) is 35.6 Å². The maximum Gasteiger partial charge on any atom is 0.251 e. The van der Waals surface area contributed by atoms with Crippen molar-refractivity contribution in [3.05, 3.63) is 71.3 Å². The lowest BCUT2D eigenvalue weighted by atomic mass is 9.97. The summed E-state index contributed by atoms with van der Waals surface area (Å²) in [6.45, 7) is 3.82.